The minimum Gasteiger partial charge on any atom is -0.369 e. The number of aromatic nitrogens is 3. The summed E-state index contributed by atoms with van der Waals surface area (Å²) >= 11 is 1.33. The number of nitrogens with zero attached hydrogens (tertiary/aromatic N) is 3. The van der Waals surface area contributed by atoms with Crippen molar-refractivity contribution in [3.05, 3.63) is 12.0 Å². The highest BCUT2D eigenvalue weighted by molar-refractivity contribution is 7.90. The van der Waals surface area contributed by atoms with Gasteiger partial charge in [-0.05, 0) is 24.9 Å². The van der Waals surface area contributed by atoms with Crippen LogP contribution in [0.15, 0.2) is 6.33 Å². The van der Waals surface area contributed by atoms with Crippen molar-refractivity contribution >= 4 is 37.4 Å². The predicted octanol–water partition coefficient (Wildman–Crippen LogP) is 1.24. The van der Waals surface area contributed by atoms with E-state index in [1.165, 1.54) is 24.1 Å². The normalized spacial score (nSPS) is 11.9. The molecular formula is C10H14N4O2S2. The Bertz CT molecular complexity index is 651. The Morgan fingerprint density at radius 2 is 2.17 bits per heavy atom. The molecular weight excluding hydrogens is 272 g/mol. The first kappa shape index (κ1) is 13.2. The number of sulfone groups is 1. The average molecular weight is 286 g/mol. The highest BCUT2D eigenvalue weighted by Crippen LogP contribution is 2.25. The van der Waals surface area contributed by atoms with Crippen molar-refractivity contribution in [2.24, 2.45) is 0 Å². The lowest BCUT2D eigenvalue weighted by molar-refractivity contribution is 0.600. The van der Waals surface area contributed by atoms with Crippen LogP contribution in [0.5, 0.6) is 0 Å². The minimum absolute atomic E-state index is 0.176. The van der Waals surface area contributed by atoms with E-state index < -0.39 is 9.84 Å². The Kier molecular flexibility index (Phi) is 3.76. The largest absolute Gasteiger partial charge is 0.369 e. The van der Waals surface area contributed by atoms with Crippen LogP contribution >= 0.6 is 11.5 Å². The van der Waals surface area contributed by atoms with Crippen molar-refractivity contribution in [3.8, 4) is 0 Å². The van der Waals surface area contributed by atoms with E-state index in [0.717, 1.165) is 21.7 Å². The molecule has 0 saturated heterocycles. The molecule has 2 aromatic heterocycles. The lowest BCUT2D eigenvalue weighted by Gasteiger charge is -2.05. The van der Waals surface area contributed by atoms with Gasteiger partial charge in [-0.1, -0.05) is 0 Å². The van der Waals surface area contributed by atoms with Crippen molar-refractivity contribution < 1.29 is 8.42 Å². The molecule has 0 aliphatic rings. The number of aryl methyl sites for hydroxylation is 1. The van der Waals surface area contributed by atoms with E-state index in [0.29, 0.717) is 13.0 Å². The number of anilines is 1. The average Bonchev–Trinajstić information content (AvgIpc) is 2.66. The van der Waals surface area contributed by atoms with Crippen LogP contribution in [0.4, 0.5) is 5.82 Å². The maximum atomic E-state index is 11.0. The number of hydrogen-bond donors (Lipinski definition) is 1. The van der Waals surface area contributed by atoms with Crippen LogP contribution in [0.2, 0.25) is 0 Å². The molecule has 0 amide bonds. The first-order chi connectivity index (χ1) is 8.47. The summed E-state index contributed by atoms with van der Waals surface area (Å²) in [6.45, 7) is 2.47. The van der Waals surface area contributed by atoms with E-state index in [2.05, 4.69) is 19.7 Å². The zero-order chi connectivity index (χ0) is 13.2. The smallest absolute Gasteiger partial charge is 0.149 e. The molecule has 2 heterocycles. The summed E-state index contributed by atoms with van der Waals surface area (Å²) in [6, 6.07) is 0. The lowest BCUT2D eigenvalue weighted by Crippen LogP contribution is -2.10. The molecule has 0 aliphatic carbocycles. The summed E-state index contributed by atoms with van der Waals surface area (Å²) in [5.74, 6) is 0.898. The standard InChI is InChI=1S/C10H14N4O2S2/c1-7-8-9(11-4-3-5-18(2,15)16)12-6-13-10(8)17-14-7/h6H,3-5H2,1-2H3,(H,11,12,13). The number of hydrogen-bond acceptors (Lipinski definition) is 7. The fourth-order valence-corrected chi connectivity index (χ4v) is 3.01. The maximum Gasteiger partial charge on any atom is 0.149 e. The minimum atomic E-state index is -2.90. The second kappa shape index (κ2) is 5.15. The monoisotopic (exact) mass is 286 g/mol. The van der Waals surface area contributed by atoms with Crippen LogP contribution in [-0.4, -0.2) is 41.3 Å². The van der Waals surface area contributed by atoms with Crippen LogP contribution in [0.25, 0.3) is 10.2 Å². The lowest BCUT2D eigenvalue weighted by atomic mass is 10.3. The SMILES string of the molecule is Cc1nsc2ncnc(NCCCS(C)(=O)=O)c12. The van der Waals surface area contributed by atoms with Gasteiger partial charge in [0.1, 0.15) is 26.8 Å². The molecule has 98 valence electrons. The van der Waals surface area contributed by atoms with E-state index in [9.17, 15) is 8.42 Å². The molecule has 2 aromatic rings. The van der Waals surface area contributed by atoms with Gasteiger partial charge in [0, 0.05) is 12.8 Å². The molecule has 18 heavy (non-hydrogen) atoms. The molecule has 0 aliphatic heterocycles. The van der Waals surface area contributed by atoms with Gasteiger partial charge in [-0.3, -0.25) is 0 Å². The van der Waals surface area contributed by atoms with Crippen LogP contribution in [-0.2, 0) is 9.84 Å². The van der Waals surface area contributed by atoms with Crippen LogP contribution in [0, 0.1) is 6.92 Å². The van der Waals surface area contributed by atoms with Gasteiger partial charge < -0.3 is 5.32 Å². The molecule has 0 saturated carbocycles. The van der Waals surface area contributed by atoms with Gasteiger partial charge in [0.15, 0.2) is 0 Å². The summed E-state index contributed by atoms with van der Waals surface area (Å²) in [6.07, 6.45) is 3.28. The Morgan fingerprint density at radius 3 is 2.89 bits per heavy atom. The van der Waals surface area contributed by atoms with Gasteiger partial charge in [-0.2, -0.15) is 4.37 Å². The Labute approximate surface area is 110 Å². The van der Waals surface area contributed by atoms with Gasteiger partial charge >= 0.3 is 0 Å². The quantitative estimate of drug-likeness (QED) is 0.832. The summed E-state index contributed by atoms with van der Waals surface area (Å²) in [5, 5.41) is 4.06. The van der Waals surface area contributed by atoms with Crippen molar-refractivity contribution in [2.75, 3.05) is 23.9 Å². The third-order valence-corrected chi connectivity index (χ3v) is 4.31. The highest BCUT2D eigenvalue weighted by Gasteiger charge is 2.09. The fourth-order valence-electron chi connectivity index (χ4n) is 1.60. The molecule has 8 heteroatoms. The van der Waals surface area contributed by atoms with Crippen molar-refractivity contribution in [1.29, 1.82) is 0 Å². The van der Waals surface area contributed by atoms with E-state index in [4.69, 9.17) is 0 Å². The van der Waals surface area contributed by atoms with Crippen molar-refractivity contribution in [3.63, 3.8) is 0 Å². The summed E-state index contributed by atoms with van der Waals surface area (Å²) < 4.78 is 26.2. The molecule has 0 radical (unpaired) electrons. The van der Waals surface area contributed by atoms with E-state index in [-0.39, 0.29) is 5.75 Å². The van der Waals surface area contributed by atoms with Crippen LogP contribution < -0.4 is 5.32 Å². The topological polar surface area (TPSA) is 84.8 Å². The predicted molar refractivity (Wildman–Crippen MR) is 72.8 cm³/mol. The fraction of sp³-hybridized carbons (Fsp3) is 0.500. The molecule has 0 spiro atoms. The molecule has 6 nitrogen and oxygen atoms in total. The second-order valence-corrected chi connectivity index (χ2v) is 7.09. The zero-order valence-electron chi connectivity index (χ0n) is 10.2. The number of fused-ring (bicyclic) bond motifs is 1. The van der Waals surface area contributed by atoms with Crippen LogP contribution in [0.3, 0.4) is 0 Å². The van der Waals surface area contributed by atoms with E-state index in [1.807, 2.05) is 6.92 Å². The molecule has 0 atom stereocenters. The van der Waals surface area contributed by atoms with Gasteiger partial charge in [0.05, 0.1) is 16.8 Å². The molecule has 2 rings (SSSR count). The van der Waals surface area contributed by atoms with Gasteiger partial charge in [0.25, 0.3) is 0 Å². The molecule has 1 N–H and O–H groups in total. The first-order valence-electron chi connectivity index (χ1n) is 5.46. The van der Waals surface area contributed by atoms with E-state index >= 15 is 0 Å². The Hall–Kier alpha value is -1.28. The molecule has 0 fully saturated rings. The molecule has 0 bridgehead atoms. The van der Waals surface area contributed by atoms with Crippen molar-refractivity contribution in [1.82, 2.24) is 14.3 Å². The van der Waals surface area contributed by atoms with Gasteiger partial charge in [0.2, 0.25) is 0 Å². The summed E-state index contributed by atoms with van der Waals surface area (Å²) in [7, 11) is -2.90. The maximum absolute atomic E-state index is 11.0. The Morgan fingerprint density at radius 1 is 1.39 bits per heavy atom. The van der Waals surface area contributed by atoms with Gasteiger partial charge in [-0.15, -0.1) is 0 Å². The number of rotatable bonds is 5. The zero-order valence-corrected chi connectivity index (χ0v) is 11.8. The third kappa shape index (κ3) is 3.14. The molecule has 0 aromatic carbocycles. The highest BCUT2D eigenvalue weighted by atomic mass is 32.2. The number of nitrogens with one attached hydrogen (secondary N) is 1. The van der Waals surface area contributed by atoms with Crippen LogP contribution in [0.1, 0.15) is 12.1 Å². The molecule has 0 unspecified atom stereocenters. The van der Waals surface area contributed by atoms with E-state index in [1.54, 1.807) is 0 Å². The van der Waals surface area contributed by atoms with Gasteiger partial charge in [-0.25, -0.2) is 18.4 Å². The van der Waals surface area contributed by atoms with Crippen molar-refractivity contribution in [2.45, 2.75) is 13.3 Å². The first-order valence-corrected chi connectivity index (χ1v) is 8.29. The third-order valence-electron chi connectivity index (χ3n) is 2.43. The Balaban J connectivity index is 2.06. The summed E-state index contributed by atoms with van der Waals surface area (Å²) in [5.41, 5.74) is 0.890. The second-order valence-electron chi connectivity index (χ2n) is 4.08. The summed E-state index contributed by atoms with van der Waals surface area (Å²) in [4.78, 5) is 9.15.